The summed E-state index contributed by atoms with van der Waals surface area (Å²) in [7, 11) is 0. The van der Waals surface area contributed by atoms with E-state index in [4.69, 9.17) is 5.73 Å². The first kappa shape index (κ1) is 13.7. The molecule has 0 bridgehead atoms. The van der Waals surface area contributed by atoms with E-state index >= 15 is 0 Å². The predicted octanol–water partition coefficient (Wildman–Crippen LogP) is 2.29. The van der Waals surface area contributed by atoms with Gasteiger partial charge in [-0.2, -0.15) is 11.8 Å². The molecule has 1 atom stereocenters. The third kappa shape index (κ3) is 4.21. The number of guanidine groups is 1. The zero-order valence-electron chi connectivity index (χ0n) is 10.8. The van der Waals surface area contributed by atoms with E-state index in [0.29, 0.717) is 5.92 Å². The maximum atomic E-state index is 6.04. The van der Waals surface area contributed by atoms with Crippen molar-refractivity contribution < 1.29 is 0 Å². The number of hydrogen-bond donors (Lipinski definition) is 1. The topological polar surface area (TPSA) is 41.6 Å². The van der Waals surface area contributed by atoms with Crippen LogP contribution in [0, 0.1) is 5.92 Å². The summed E-state index contributed by atoms with van der Waals surface area (Å²) in [5.74, 6) is 3.62. The summed E-state index contributed by atoms with van der Waals surface area (Å²) < 4.78 is 0. The number of hydrogen-bond acceptors (Lipinski definition) is 3. The van der Waals surface area contributed by atoms with Crippen molar-refractivity contribution in [2.45, 2.75) is 13.3 Å². The van der Waals surface area contributed by atoms with E-state index in [-0.39, 0.29) is 0 Å². The van der Waals surface area contributed by atoms with E-state index in [9.17, 15) is 0 Å². The van der Waals surface area contributed by atoms with Crippen molar-refractivity contribution in [1.29, 1.82) is 0 Å². The fourth-order valence-corrected chi connectivity index (χ4v) is 3.75. The molecule has 3 nitrogen and oxygen atoms in total. The molecular formula is C13H21N3S2. The largest absolute Gasteiger partial charge is 0.370 e. The first-order valence-electron chi connectivity index (χ1n) is 6.40. The van der Waals surface area contributed by atoms with Gasteiger partial charge in [0.1, 0.15) is 0 Å². The summed E-state index contributed by atoms with van der Waals surface area (Å²) in [4.78, 5) is 8.18. The molecule has 2 N–H and O–H groups in total. The predicted molar refractivity (Wildman–Crippen MR) is 82.6 cm³/mol. The zero-order valence-corrected chi connectivity index (χ0v) is 12.5. The molecule has 2 heterocycles. The Balaban J connectivity index is 1.78. The first-order chi connectivity index (χ1) is 8.75. The highest BCUT2D eigenvalue weighted by atomic mass is 32.2. The average molecular weight is 283 g/mol. The molecule has 1 unspecified atom stereocenters. The second kappa shape index (κ2) is 7.04. The van der Waals surface area contributed by atoms with Crippen LogP contribution >= 0.6 is 23.1 Å². The lowest BCUT2D eigenvalue weighted by molar-refractivity contribution is 0.452. The second-order valence-electron chi connectivity index (χ2n) is 4.69. The third-order valence-corrected chi connectivity index (χ3v) is 4.87. The van der Waals surface area contributed by atoms with Crippen LogP contribution in [-0.2, 0) is 6.42 Å². The van der Waals surface area contributed by atoms with Gasteiger partial charge in [-0.3, -0.25) is 4.99 Å². The van der Waals surface area contributed by atoms with Crippen LogP contribution in [0.2, 0.25) is 0 Å². The molecule has 0 aromatic carbocycles. The number of thiophene rings is 1. The summed E-state index contributed by atoms with van der Waals surface area (Å²) in [5.41, 5.74) is 6.04. The Kier molecular flexibility index (Phi) is 5.38. The Morgan fingerprint density at radius 3 is 2.94 bits per heavy atom. The van der Waals surface area contributed by atoms with Crippen LogP contribution in [0.1, 0.15) is 11.8 Å². The van der Waals surface area contributed by atoms with Gasteiger partial charge in [0, 0.05) is 36.0 Å². The normalized spacial score (nSPS) is 18.9. The molecule has 0 aliphatic carbocycles. The van der Waals surface area contributed by atoms with Gasteiger partial charge in [-0.15, -0.1) is 11.3 Å². The SMILES string of the molecule is CC(CN=C(N)N1CCSCC1)Cc1cccs1. The van der Waals surface area contributed by atoms with Crippen LogP contribution in [0.25, 0.3) is 0 Å². The van der Waals surface area contributed by atoms with Gasteiger partial charge >= 0.3 is 0 Å². The molecule has 0 radical (unpaired) electrons. The lowest BCUT2D eigenvalue weighted by Gasteiger charge is -2.27. The smallest absolute Gasteiger partial charge is 0.191 e. The fourth-order valence-electron chi connectivity index (χ4n) is 1.98. The Morgan fingerprint density at radius 1 is 1.50 bits per heavy atom. The lowest BCUT2D eigenvalue weighted by atomic mass is 10.1. The van der Waals surface area contributed by atoms with Crippen molar-refractivity contribution in [2.75, 3.05) is 31.1 Å². The van der Waals surface area contributed by atoms with Crippen molar-refractivity contribution in [3.05, 3.63) is 22.4 Å². The van der Waals surface area contributed by atoms with Gasteiger partial charge in [0.25, 0.3) is 0 Å². The van der Waals surface area contributed by atoms with Crippen LogP contribution in [0.4, 0.5) is 0 Å². The van der Waals surface area contributed by atoms with Gasteiger partial charge in [-0.05, 0) is 23.8 Å². The van der Waals surface area contributed by atoms with Gasteiger partial charge in [0.2, 0.25) is 0 Å². The summed E-state index contributed by atoms with van der Waals surface area (Å²) >= 11 is 3.81. The molecule has 0 amide bonds. The molecule has 1 saturated heterocycles. The van der Waals surface area contributed by atoms with E-state index in [1.165, 1.54) is 16.4 Å². The molecule has 1 aliphatic rings. The molecule has 0 spiro atoms. The maximum absolute atomic E-state index is 6.04. The quantitative estimate of drug-likeness (QED) is 0.681. The average Bonchev–Trinajstić information content (AvgIpc) is 2.90. The molecule has 0 saturated carbocycles. The summed E-state index contributed by atoms with van der Waals surface area (Å²) in [6.07, 6.45) is 1.10. The van der Waals surface area contributed by atoms with Crippen molar-refractivity contribution >= 4 is 29.1 Å². The maximum Gasteiger partial charge on any atom is 0.191 e. The summed E-state index contributed by atoms with van der Waals surface area (Å²) in [6, 6.07) is 4.30. The fraction of sp³-hybridized carbons (Fsp3) is 0.615. The summed E-state index contributed by atoms with van der Waals surface area (Å²) in [5, 5.41) is 2.13. The summed E-state index contributed by atoms with van der Waals surface area (Å²) in [6.45, 7) is 5.15. The van der Waals surface area contributed by atoms with E-state index in [1.54, 1.807) is 0 Å². The molecule has 18 heavy (non-hydrogen) atoms. The molecule has 1 fully saturated rings. The van der Waals surface area contributed by atoms with E-state index in [0.717, 1.165) is 32.0 Å². The Labute approximate surface area is 117 Å². The highest BCUT2D eigenvalue weighted by Crippen LogP contribution is 2.15. The molecule has 5 heteroatoms. The van der Waals surface area contributed by atoms with Gasteiger partial charge in [-0.1, -0.05) is 13.0 Å². The van der Waals surface area contributed by atoms with E-state index < -0.39 is 0 Å². The molecule has 1 aromatic heterocycles. The van der Waals surface area contributed by atoms with Crippen molar-refractivity contribution in [3.63, 3.8) is 0 Å². The standard InChI is InChI=1S/C13H21N3S2/c1-11(9-12-3-2-6-18-12)10-15-13(14)16-4-7-17-8-5-16/h2-3,6,11H,4-5,7-10H2,1H3,(H2,14,15). The minimum atomic E-state index is 0.557. The molecular weight excluding hydrogens is 262 g/mol. The van der Waals surface area contributed by atoms with E-state index in [2.05, 4.69) is 34.3 Å². The zero-order chi connectivity index (χ0) is 12.8. The van der Waals surface area contributed by atoms with Gasteiger partial charge in [0.15, 0.2) is 5.96 Å². The van der Waals surface area contributed by atoms with Crippen molar-refractivity contribution in [1.82, 2.24) is 4.90 Å². The second-order valence-corrected chi connectivity index (χ2v) is 6.94. The Bertz CT molecular complexity index is 370. The van der Waals surface area contributed by atoms with Crippen LogP contribution in [0.3, 0.4) is 0 Å². The number of rotatable bonds is 4. The highest BCUT2D eigenvalue weighted by molar-refractivity contribution is 7.99. The minimum absolute atomic E-state index is 0.557. The first-order valence-corrected chi connectivity index (χ1v) is 8.44. The van der Waals surface area contributed by atoms with Crippen LogP contribution in [-0.4, -0.2) is 42.0 Å². The molecule has 2 rings (SSSR count). The monoisotopic (exact) mass is 283 g/mol. The number of aliphatic imine (C=N–C) groups is 1. The van der Waals surface area contributed by atoms with Crippen molar-refractivity contribution in [2.24, 2.45) is 16.6 Å². The van der Waals surface area contributed by atoms with Crippen molar-refractivity contribution in [3.8, 4) is 0 Å². The van der Waals surface area contributed by atoms with Crippen LogP contribution in [0.5, 0.6) is 0 Å². The third-order valence-electron chi connectivity index (χ3n) is 3.03. The Hall–Kier alpha value is -0.680. The Morgan fingerprint density at radius 2 is 2.28 bits per heavy atom. The number of nitrogens with zero attached hydrogens (tertiary/aromatic N) is 2. The number of thioether (sulfide) groups is 1. The molecule has 1 aromatic rings. The number of nitrogens with two attached hydrogens (primary N) is 1. The van der Waals surface area contributed by atoms with Crippen LogP contribution < -0.4 is 5.73 Å². The lowest BCUT2D eigenvalue weighted by Crippen LogP contribution is -2.42. The molecule has 100 valence electrons. The van der Waals surface area contributed by atoms with Gasteiger partial charge in [0.05, 0.1) is 0 Å². The van der Waals surface area contributed by atoms with E-state index in [1.807, 2.05) is 23.1 Å². The molecule has 1 aliphatic heterocycles. The highest BCUT2D eigenvalue weighted by Gasteiger charge is 2.12. The minimum Gasteiger partial charge on any atom is -0.370 e. The van der Waals surface area contributed by atoms with Gasteiger partial charge in [-0.25, -0.2) is 0 Å². The van der Waals surface area contributed by atoms with Gasteiger partial charge < -0.3 is 10.6 Å². The van der Waals surface area contributed by atoms with Crippen LogP contribution in [0.15, 0.2) is 22.5 Å².